The fourth-order valence-electron chi connectivity index (χ4n) is 2.99. The first-order valence-corrected chi connectivity index (χ1v) is 10.0. The van der Waals surface area contributed by atoms with Crippen LogP contribution in [0.4, 0.5) is 0 Å². The number of hydrogen-bond acceptors (Lipinski definition) is 4. The van der Waals surface area contributed by atoms with Gasteiger partial charge in [-0.15, -0.1) is 11.3 Å². The Morgan fingerprint density at radius 2 is 2.12 bits per heavy atom. The number of rotatable bonds is 5. The summed E-state index contributed by atoms with van der Waals surface area (Å²) in [5.74, 6) is 0.284. The molecule has 1 aliphatic rings. The number of nitrogens with zero attached hydrogens (tertiary/aromatic N) is 2. The highest BCUT2D eigenvalue weighted by Crippen LogP contribution is 2.28. The molecule has 0 bridgehead atoms. The van der Waals surface area contributed by atoms with Crippen molar-refractivity contribution in [3.8, 4) is 0 Å². The molecule has 1 aromatic heterocycles. The van der Waals surface area contributed by atoms with E-state index >= 15 is 0 Å². The summed E-state index contributed by atoms with van der Waals surface area (Å²) in [6.07, 6.45) is 4.23. The number of nitrogens with one attached hydrogen (secondary N) is 1. The van der Waals surface area contributed by atoms with E-state index in [9.17, 15) is 9.59 Å². The molecule has 2 heterocycles. The van der Waals surface area contributed by atoms with Gasteiger partial charge in [0.15, 0.2) is 0 Å². The van der Waals surface area contributed by atoms with Crippen molar-refractivity contribution in [2.45, 2.75) is 25.2 Å². The van der Waals surface area contributed by atoms with Crippen LogP contribution in [0.3, 0.4) is 0 Å². The zero-order valence-electron chi connectivity index (χ0n) is 13.8. The molecule has 3 rings (SSSR count). The molecule has 5 nitrogen and oxygen atoms in total. The van der Waals surface area contributed by atoms with Gasteiger partial charge in [-0.1, -0.05) is 15.9 Å². The van der Waals surface area contributed by atoms with Crippen LogP contribution in [0.2, 0.25) is 0 Å². The van der Waals surface area contributed by atoms with Crippen molar-refractivity contribution < 1.29 is 9.59 Å². The summed E-state index contributed by atoms with van der Waals surface area (Å²) in [4.78, 5) is 30.8. The molecule has 0 radical (unpaired) electrons. The number of hydrogen-bond donors (Lipinski definition) is 1. The highest BCUT2D eigenvalue weighted by molar-refractivity contribution is 9.10. The number of thiazole rings is 1. The van der Waals surface area contributed by atoms with Gasteiger partial charge in [0.05, 0.1) is 5.01 Å². The van der Waals surface area contributed by atoms with Crippen molar-refractivity contribution >= 4 is 39.1 Å². The van der Waals surface area contributed by atoms with E-state index in [0.29, 0.717) is 24.4 Å². The lowest BCUT2D eigenvalue weighted by Crippen LogP contribution is -2.40. The van der Waals surface area contributed by atoms with Crippen LogP contribution in [0, 0.1) is 0 Å². The summed E-state index contributed by atoms with van der Waals surface area (Å²) in [5.41, 5.74) is 0.595. The van der Waals surface area contributed by atoms with Crippen LogP contribution in [0.1, 0.15) is 40.5 Å². The molecule has 2 aromatic rings. The number of carbonyl (C=O) groups excluding carboxylic acids is 2. The Morgan fingerprint density at radius 1 is 1.32 bits per heavy atom. The minimum Gasteiger partial charge on any atom is -0.352 e. The van der Waals surface area contributed by atoms with Crippen LogP contribution in [0.25, 0.3) is 0 Å². The first-order chi connectivity index (χ1) is 12.1. The van der Waals surface area contributed by atoms with Crippen LogP contribution in [0.5, 0.6) is 0 Å². The Morgan fingerprint density at radius 3 is 2.84 bits per heavy atom. The Kier molecular flexibility index (Phi) is 6.20. The maximum atomic E-state index is 12.4. The van der Waals surface area contributed by atoms with Crippen molar-refractivity contribution in [2.24, 2.45) is 0 Å². The number of aromatic nitrogens is 1. The third-order valence-corrected chi connectivity index (χ3v) is 5.77. The first-order valence-electron chi connectivity index (χ1n) is 8.34. The molecule has 2 amide bonds. The van der Waals surface area contributed by atoms with Crippen molar-refractivity contribution in [1.82, 2.24) is 15.2 Å². The van der Waals surface area contributed by atoms with Gasteiger partial charge in [-0.3, -0.25) is 9.59 Å². The van der Waals surface area contributed by atoms with Gasteiger partial charge < -0.3 is 10.2 Å². The minimum absolute atomic E-state index is 0.0948. The molecular formula is C18H20BrN3O2S. The molecule has 0 aliphatic carbocycles. The molecule has 1 unspecified atom stereocenters. The number of halogens is 1. The number of carbonyl (C=O) groups is 2. The van der Waals surface area contributed by atoms with Crippen molar-refractivity contribution in [3.05, 3.63) is 50.9 Å². The van der Waals surface area contributed by atoms with E-state index in [0.717, 1.165) is 35.4 Å². The fourth-order valence-corrected chi connectivity index (χ4v) is 4.02. The molecule has 1 saturated heterocycles. The first kappa shape index (κ1) is 18.1. The number of piperidine rings is 1. The van der Waals surface area contributed by atoms with E-state index < -0.39 is 0 Å². The lowest BCUT2D eigenvalue weighted by atomic mass is 9.98. The van der Waals surface area contributed by atoms with E-state index in [4.69, 9.17) is 0 Å². The maximum absolute atomic E-state index is 12.4. The monoisotopic (exact) mass is 421 g/mol. The lowest BCUT2D eigenvalue weighted by Gasteiger charge is -2.32. The fraction of sp³-hybridized carbons (Fsp3) is 0.389. The van der Waals surface area contributed by atoms with Crippen LogP contribution < -0.4 is 5.32 Å². The number of likely N-dealkylation sites (tertiary alicyclic amines) is 1. The second-order valence-electron chi connectivity index (χ2n) is 6.06. The minimum atomic E-state index is -0.153. The predicted molar refractivity (Wildman–Crippen MR) is 102 cm³/mol. The summed E-state index contributed by atoms with van der Waals surface area (Å²) in [7, 11) is 0. The second-order valence-corrected chi connectivity index (χ2v) is 7.90. The smallest absolute Gasteiger partial charge is 0.251 e. The Balaban J connectivity index is 1.45. The van der Waals surface area contributed by atoms with Crippen molar-refractivity contribution in [2.75, 3.05) is 19.6 Å². The van der Waals surface area contributed by atoms with E-state index in [1.807, 2.05) is 28.6 Å². The molecule has 0 spiro atoms. The van der Waals surface area contributed by atoms with Crippen molar-refractivity contribution in [3.63, 3.8) is 0 Å². The standard InChI is InChI=1S/C18H20BrN3O2S/c19-15-5-3-13(4-6-15)17(24)20-8-7-16(23)22-10-1-2-14(12-22)18-21-9-11-25-18/h3-6,9,11,14H,1-2,7-8,10,12H2,(H,20,24). The molecule has 132 valence electrons. The Labute approximate surface area is 159 Å². The van der Waals surface area contributed by atoms with Crippen LogP contribution in [-0.4, -0.2) is 41.3 Å². The lowest BCUT2D eigenvalue weighted by molar-refractivity contribution is -0.132. The second kappa shape index (κ2) is 8.58. The largest absolute Gasteiger partial charge is 0.352 e. The Hall–Kier alpha value is -1.73. The van der Waals surface area contributed by atoms with E-state index in [2.05, 4.69) is 26.2 Å². The molecule has 0 saturated carbocycles. The van der Waals surface area contributed by atoms with Gasteiger partial charge in [-0.25, -0.2) is 4.98 Å². The molecule has 7 heteroatoms. The van der Waals surface area contributed by atoms with E-state index in [1.54, 1.807) is 23.5 Å². The summed E-state index contributed by atoms with van der Waals surface area (Å²) in [6.45, 7) is 1.88. The van der Waals surface area contributed by atoms with Gasteiger partial charge >= 0.3 is 0 Å². The van der Waals surface area contributed by atoms with E-state index in [1.165, 1.54) is 0 Å². The topological polar surface area (TPSA) is 62.3 Å². The molecule has 1 atom stereocenters. The van der Waals surface area contributed by atoms with E-state index in [-0.39, 0.29) is 11.8 Å². The quantitative estimate of drug-likeness (QED) is 0.803. The highest BCUT2D eigenvalue weighted by Gasteiger charge is 2.25. The highest BCUT2D eigenvalue weighted by atomic mass is 79.9. The van der Waals surface area contributed by atoms with Gasteiger partial charge in [0.2, 0.25) is 5.91 Å². The van der Waals surface area contributed by atoms with Gasteiger partial charge in [0.1, 0.15) is 0 Å². The maximum Gasteiger partial charge on any atom is 0.251 e. The normalized spacial score (nSPS) is 17.3. The molecule has 1 aliphatic heterocycles. The molecule has 1 aromatic carbocycles. The van der Waals surface area contributed by atoms with Gasteiger partial charge in [0.25, 0.3) is 5.91 Å². The Bertz CT molecular complexity index is 718. The number of benzene rings is 1. The van der Waals surface area contributed by atoms with Gasteiger partial charge in [0, 0.05) is 53.6 Å². The van der Waals surface area contributed by atoms with Gasteiger partial charge in [-0.2, -0.15) is 0 Å². The average Bonchev–Trinajstić information content (AvgIpc) is 3.17. The van der Waals surface area contributed by atoms with Crippen molar-refractivity contribution in [1.29, 1.82) is 0 Å². The summed E-state index contributed by atoms with van der Waals surface area (Å²) < 4.78 is 0.930. The third-order valence-electron chi connectivity index (χ3n) is 4.31. The molecule has 1 fully saturated rings. The average molecular weight is 422 g/mol. The SMILES string of the molecule is O=C(NCCC(=O)N1CCCC(c2nccs2)C1)c1ccc(Br)cc1. The predicted octanol–water partition coefficient (Wildman–Crippen LogP) is 3.43. The molecular weight excluding hydrogens is 402 g/mol. The molecule has 25 heavy (non-hydrogen) atoms. The molecule has 1 N–H and O–H groups in total. The summed E-state index contributed by atoms with van der Waals surface area (Å²) >= 11 is 5.00. The number of amides is 2. The summed E-state index contributed by atoms with van der Waals surface area (Å²) in [5, 5.41) is 5.91. The van der Waals surface area contributed by atoms with Gasteiger partial charge in [-0.05, 0) is 37.1 Å². The van der Waals surface area contributed by atoms with Crippen LogP contribution >= 0.6 is 27.3 Å². The zero-order chi connectivity index (χ0) is 17.6. The van der Waals surface area contributed by atoms with Crippen LogP contribution in [0.15, 0.2) is 40.3 Å². The van der Waals surface area contributed by atoms with Crippen LogP contribution in [-0.2, 0) is 4.79 Å². The summed E-state index contributed by atoms with van der Waals surface area (Å²) in [6, 6.07) is 7.16. The zero-order valence-corrected chi connectivity index (χ0v) is 16.2. The third kappa shape index (κ3) is 4.89.